The molecule has 1 N–H and O–H groups in total. The van der Waals surface area contributed by atoms with Crippen LogP contribution in [0.25, 0.3) is 0 Å². The van der Waals surface area contributed by atoms with Crippen LogP contribution in [0.3, 0.4) is 0 Å². The Bertz CT molecular complexity index is 404. The molecule has 0 aliphatic heterocycles. The summed E-state index contributed by atoms with van der Waals surface area (Å²) >= 11 is 8.74. The van der Waals surface area contributed by atoms with Crippen molar-refractivity contribution in [2.75, 3.05) is 6.54 Å². The molecule has 0 unspecified atom stereocenters. The lowest BCUT2D eigenvalue weighted by Crippen LogP contribution is -2.34. The molecule has 0 fully saturated rings. The number of hydrogen-bond acceptors (Lipinski definition) is 1. The van der Waals surface area contributed by atoms with Crippen LogP contribution in [0.2, 0.25) is 0 Å². The second-order valence-corrected chi connectivity index (χ2v) is 5.73. The summed E-state index contributed by atoms with van der Waals surface area (Å²) in [6.45, 7) is 6.74. The van der Waals surface area contributed by atoms with E-state index in [4.69, 9.17) is 11.6 Å². The highest BCUT2D eigenvalue weighted by Gasteiger charge is 2.23. The van der Waals surface area contributed by atoms with E-state index in [0.717, 1.165) is 4.47 Å². The Morgan fingerprint density at radius 1 is 1.50 bits per heavy atom. The van der Waals surface area contributed by atoms with Gasteiger partial charge in [-0.1, -0.05) is 35.8 Å². The topological polar surface area (TPSA) is 29.1 Å². The first-order valence-electron chi connectivity index (χ1n) is 5.03. The molecule has 4 heteroatoms. The third-order valence-electron chi connectivity index (χ3n) is 2.60. The fourth-order valence-corrected chi connectivity index (χ4v) is 2.14. The predicted octanol–water partition coefficient (Wildman–Crippen LogP) is 3.98. The molecule has 0 radical (unpaired) electrons. The molecule has 0 saturated carbocycles. The number of carbonyl (C=O) groups is 1. The number of rotatable bonds is 3. The molecule has 0 aliphatic rings. The molecule has 88 valence electrons. The molecule has 0 saturated heterocycles. The van der Waals surface area contributed by atoms with Crippen molar-refractivity contribution in [1.82, 2.24) is 5.32 Å². The zero-order valence-corrected chi connectivity index (χ0v) is 11.9. The summed E-state index contributed by atoms with van der Waals surface area (Å²) < 4.78 is 1.04. The van der Waals surface area contributed by atoms with Crippen LogP contribution in [0.5, 0.6) is 0 Å². The van der Waals surface area contributed by atoms with Crippen molar-refractivity contribution in [3.63, 3.8) is 0 Å². The summed E-state index contributed by atoms with van der Waals surface area (Å²) in [5.74, 6) is 0. The molecule has 16 heavy (non-hydrogen) atoms. The highest BCUT2D eigenvalue weighted by atomic mass is 79.9. The molecule has 0 atom stereocenters. The molecule has 0 aliphatic carbocycles. The maximum Gasteiger partial charge on any atom is 0.313 e. The number of carbonyl (C=O) groups excluding carboxylic acids is 1. The van der Waals surface area contributed by atoms with E-state index in [2.05, 4.69) is 54.2 Å². The molecule has 0 bridgehead atoms. The zero-order valence-electron chi connectivity index (χ0n) is 9.60. The fourth-order valence-electron chi connectivity index (χ4n) is 1.71. The van der Waals surface area contributed by atoms with Crippen LogP contribution in [0, 0.1) is 6.92 Å². The standard InChI is InChI=1S/C12H15BrClNO/c1-8-4-5-9(13)6-10(8)12(2,3)7-15-11(14)16/h4-6H,7H2,1-3H3,(H,15,16). The third-order valence-corrected chi connectivity index (χ3v) is 3.22. The van der Waals surface area contributed by atoms with E-state index in [1.54, 1.807) is 0 Å². The van der Waals surface area contributed by atoms with Crippen LogP contribution in [0.15, 0.2) is 22.7 Å². The number of benzene rings is 1. The average molecular weight is 305 g/mol. The van der Waals surface area contributed by atoms with Crippen LogP contribution in [-0.2, 0) is 5.41 Å². The first-order chi connectivity index (χ1) is 7.33. The van der Waals surface area contributed by atoms with E-state index >= 15 is 0 Å². The lowest BCUT2D eigenvalue weighted by Gasteiger charge is -2.27. The summed E-state index contributed by atoms with van der Waals surface area (Å²) in [6.07, 6.45) is 0. The molecule has 0 aromatic heterocycles. The largest absolute Gasteiger partial charge is 0.342 e. The van der Waals surface area contributed by atoms with Crippen molar-refractivity contribution in [3.8, 4) is 0 Å². The van der Waals surface area contributed by atoms with Gasteiger partial charge in [-0.15, -0.1) is 0 Å². The smallest absolute Gasteiger partial charge is 0.313 e. The van der Waals surface area contributed by atoms with Gasteiger partial charge in [-0.3, -0.25) is 4.79 Å². The molecule has 0 spiro atoms. The first kappa shape index (κ1) is 13.5. The number of amides is 1. The Labute approximate surface area is 110 Å². The number of halogens is 2. The Morgan fingerprint density at radius 2 is 2.12 bits per heavy atom. The number of aryl methyl sites for hydroxylation is 1. The van der Waals surface area contributed by atoms with Crippen LogP contribution in [-0.4, -0.2) is 11.9 Å². The van der Waals surface area contributed by atoms with Crippen molar-refractivity contribution in [2.45, 2.75) is 26.2 Å². The maximum atomic E-state index is 10.7. The second-order valence-electron chi connectivity index (χ2n) is 4.47. The molecular formula is C12H15BrClNO. The van der Waals surface area contributed by atoms with E-state index in [1.807, 2.05) is 6.07 Å². The summed E-state index contributed by atoms with van der Waals surface area (Å²) in [5.41, 5.74) is 2.27. The van der Waals surface area contributed by atoms with Gasteiger partial charge in [0.2, 0.25) is 0 Å². The maximum absolute atomic E-state index is 10.7. The minimum Gasteiger partial charge on any atom is -0.342 e. The van der Waals surface area contributed by atoms with E-state index in [9.17, 15) is 4.79 Å². The monoisotopic (exact) mass is 303 g/mol. The average Bonchev–Trinajstić information content (AvgIpc) is 2.19. The molecule has 1 amide bonds. The summed E-state index contributed by atoms with van der Waals surface area (Å²) in [5, 5.41) is 2.13. The third kappa shape index (κ3) is 3.49. The lowest BCUT2D eigenvalue weighted by atomic mass is 9.82. The molecule has 0 heterocycles. The van der Waals surface area contributed by atoms with E-state index in [-0.39, 0.29) is 5.41 Å². The van der Waals surface area contributed by atoms with E-state index in [1.165, 1.54) is 11.1 Å². The Hall–Kier alpha value is -0.540. The summed E-state index contributed by atoms with van der Waals surface area (Å²) in [7, 11) is 0. The fraction of sp³-hybridized carbons (Fsp3) is 0.417. The van der Waals surface area contributed by atoms with Crippen LogP contribution >= 0.6 is 27.5 Å². The number of hydrogen-bond donors (Lipinski definition) is 1. The molecular weight excluding hydrogens is 289 g/mol. The highest BCUT2D eigenvalue weighted by molar-refractivity contribution is 9.10. The van der Waals surface area contributed by atoms with Gasteiger partial charge in [0.05, 0.1) is 0 Å². The molecule has 2 nitrogen and oxygen atoms in total. The van der Waals surface area contributed by atoms with Crippen molar-refractivity contribution in [1.29, 1.82) is 0 Å². The van der Waals surface area contributed by atoms with Gasteiger partial charge in [-0.25, -0.2) is 0 Å². The van der Waals surface area contributed by atoms with Crippen LogP contribution in [0.1, 0.15) is 25.0 Å². The Kier molecular flexibility index (Phi) is 4.39. The van der Waals surface area contributed by atoms with E-state index < -0.39 is 5.37 Å². The molecule has 1 aromatic rings. The quantitative estimate of drug-likeness (QED) is 0.664. The van der Waals surface area contributed by atoms with Gasteiger partial charge in [-0.05, 0) is 41.8 Å². The first-order valence-corrected chi connectivity index (χ1v) is 6.20. The lowest BCUT2D eigenvalue weighted by molar-refractivity contribution is 0.257. The normalized spacial score (nSPS) is 11.3. The van der Waals surface area contributed by atoms with E-state index in [0.29, 0.717) is 6.54 Å². The minimum absolute atomic E-state index is 0.140. The Balaban J connectivity index is 2.96. The van der Waals surface area contributed by atoms with Gasteiger partial charge < -0.3 is 5.32 Å². The molecule has 1 rings (SSSR count). The van der Waals surface area contributed by atoms with Crippen molar-refractivity contribution < 1.29 is 4.79 Å². The van der Waals surface area contributed by atoms with Gasteiger partial charge >= 0.3 is 5.37 Å². The number of nitrogens with one attached hydrogen (secondary N) is 1. The minimum atomic E-state index is -0.513. The summed E-state index contributed by atoms with van der Waals surface area (Å²) in [4.78, 5) is 10.7. The SMILES string of the molecule is Cc1ccc(Br)cc1C(C)(C)CNC(=O)Cl. The predicted molar refractivity (Wildman–Crippen MR) is 71.2 cm³/mol. The zero-order chi connectivity index (χ0) is 12.3. The summed E-state index contributed by atoms with van der Waals surface area (Å²) in [6, 6.07) is 6.15. The highest BCUT2D eigenvalue weighted by Crippen LogP contribution is 2.28. The van der Waals surface area contributed by atoms with Gasteiger partial charge in [0.1, 0.15) is 0 Å². The van der Waals surface area contributed by atoms with Crippen molar-refractivity contribution in [2.24, 2.45) is 0 Å². The van der Waals surface area contributed by atoms with Gasteiger partial charge in [-0.2, -0.15) is 0 Å². The van der Waals surface area contributed by atoms with Gasteiger partial charge in [0.25, 0.3) is 0 Å². The van der Waals surface area contributed by atoms with Gasteiger partial charge in [0, 0.05) is 16.4 Å². The van der Waals surface area contributed by atoms with Gasteiger partial charge in [0.15, 0.2) is 0 Å². The van der Waals surface area contributed by atoms with Crippen molar-refractivity contribution in [3.05, 3.63) is 33.8 Å². The van der Waals surface area contributed by atoms with Crippen LogP contribution < -0.4 is 5.32 Å². The van der Waals surface area contributed by atoms with Crippen LogP contribution in [0.4, 0.5) is 4.79 Å². The second kappa shape index (κ2) is 5.19. The Morgan fingerprint density at radius 3 is 2.69 bits per heavy atom. The molecule has 1 aromatic carbocycles. The van der Waals surface area contributed by atoms with Crippen molar-refractivity contribution >= 4 is 32.9 Å².